The topological polar surface area (TPSA) is 51.3 Å². The van der Waals surface area contributed by atoms with E-state index in [1.165, 1.54) is 23.2 Å². The van der Waals surface area contributed by atoms with E-state index in [4.69, 9.17) is 4.42 Å². The molecule has 0 radical (unpaired) electrons. The SMILES string of the molecule is C[C@H]1CCCN(Cn2nc(-c3ccc(F)cc3)oc2=O)C1. The van der Waals surface area contributed by atoms with Crippen LogP contribution in [0.4, 0.5) is 4.39 Å². The molecule has 1 saturated heterocycles. The normalized spacial score (nSPS) is 19.8. The second-order valence-electron chi connectivity index (χ2n) is 5.65. The molecule has 0 amide bonds. The van der Waals surface area contributed by atoms with Gasteiger partial charge in [0.2, 0.25) is 5.89 Å². The van der Waals surface area contributed by atoms with Crippen LogP contribution in [-0.4, -0.2) is 27.8 Å². The second-order valence-corrected chi connectivity index (χ2v) is 5.65. The average Bonchev–Trinajstić information content (AvgIpc) is 2.81. The predicted octanol–water partition coefficient (Wildman–Crippen LogP) is 2.33. The molecule has 6 heteroatoms. The van der Waals surface area contributed by atoms with Gasteiger partial charge in [0.15, 0.2) is 0 Å². The van der Waals surface area contributed by atoms with Gasteiger partial charge in [0.05, 0.1) is 0 Å². The Morgan fingerprint density at radius 2 is 2.14 bits per heavy atom. The van der Waals surface area contributed by atoms with Crippen molar-refractivity contribution >= 4 is 0 Å². The van der Waals surface area contributed by atoms with Gasteiger partial charge >= 0.3 is 5.76 Å². The van der Waals surface area contributed by atoms with Crippen molar-refractivity contribution in [2.75, 3.05) is 13.1 Å². The van der Waals surface area contributed by atoms with Crippen LogP contribution in [0.25, 0.3) is 11.5 Å². The highest BCUT2D eigenvalue weighted by atomic mass is 19.1. The van der Waals surface area contributed by atoms with Crippen molar-refractivity contribution in [3.8, 4) is 11.5 Å². The third kappa shape index (κ3) is 3.21. The largest absolute Gasteiger partial charge is 0.438 e. The second kappa shape index (κ2) is 5.81. The van der Waals surface area contributed by atoms with Crippen molar-refractivity contribution in [1.82, 2.24) is 14.7 Å². The van der Waals surface area contributed by atoms with Gasteiger partial charge in [-0.15, -0.1) is 5.10 Å². The van der Waals surface area contributed by atoms with Gasteiger partial charge in [-0.1, -0.05) is 6.92 Å². The maximum atomic E-state index is 12.9. The van der Waals surface area contributed by atoms with E-state index < -0.39 is 5.76 Å². The molecule has 0 aliphatic carbocycles. The van der Waals surface area contributed by atoms with Gasteiger partial charge in [-0.05, 0) is 49.6 Å². The molecular formula is C15H18FN3O2. The van der Waals surface area contributed by atoms with E-state index in [2.05, 4.69) is 16.9 Å². The van der Waals surface area contributed by atoms with Gasteiger partial charge < -0.3 is 4.42 Å². The van der Waals surface area contributed by atoms with Crippen LogP contribution < -0.4 is 5.76 Å². The smallest absolute Gasteiger partial charge is 0.388 e. The highest BCUT2D eigenvalue weighted by Gasteiger charge is 2.19. The van der Waals surface area contributed by atoms with Crippen LogP contribution in [-0.2, 0) is 6.67 Å². The fourth-order valence-electron chi connectivity index (χ4n) is 2.71. The lowest BCUT2D eigenvalue weighted by Crippen LogP contribution is -2.38. The molecule has 1 aromatic heterocycles. The van der Waals surface area contributed by atoms with Crippen molar-refractivity contribution in [3.63, 3.8) is 0 Å². The molecule has 1 aliphatic heterocycles. The van der Waals surface area contributed by atoms with Crippen LogP contribution in [0.15, 0.2) is 33.5 Å². The quantitative estimate of drug-likeness (QED) is 0.871. The van der Waals surface area contributed by atoms with E-state index in [9.17, 15) is 9.18 Å². The Balaban J connectivity index is 1.78. The molecule has 5 nitrogen and oxygen atoms in total. The summed E-state index contributed by atoms with van der Waals surface area (Å²) in [7, 11) is 0. The third-order valence-corrected chi connectivity index (χ3v) is 3.77. The molecule has 3 rings (SSSR count). The Morgan fingerprint density at radius 1 is 1.38 bits per heavy atom. The van der Waals surface area contributed by atoms with Crippen molar-refractivity contribution in [1.29, 1.82) is 0 Å². The van der Waals surface area contributed by atoms with E-state index in [1.54, 1.807) is 12.1 Å². The average molecular weight is 291 g/mol. The molecule has 0 spiro atoms. The van der Waals surface area contributed by atoms with Crippen LogP contribution in [0.2, 0.25) is 0 Å². The fourth-order valence-corrected chi connectivity index (χ4v) is 2.71. The summed E-state index contributed by atoms with van der Waals surface area (Å²) in [6.07, 6.45) is 2.36. The lowest BCUT2D eigenvalue weighted by atomic mass is 10.0. The van der Waals surface area contributed by atoms with Crippen molar-refractivity contribution in [3.05, 3.63) is 40.6 Å². The number of halogens is 1. The monoisotopic (exact) mass is 291 g/mol. The Morgan fingerprint density at radius 3 is 2.86 bits per heavy atom. The van der Waals surface area contributed by atoms with E-state index >= 15 is 0 Å². The van der Waals surface area contributed by atoms with Gasteiger partial charge in [0, 0.05) is 12.1 Å². The van der Waals surface area contributed by atoms with Gasteiger partial charge in [0.25, 0.3) is 0 Å². The molecule has 2 aromatic rings. The molecule has 0 bridgehead atoms. The summed E-state index contributed by atoms with van der Waals surface area (Å²) in [5.41, 5.74) is 0.597. The number of aromatic nitrogens is 2. The van der Waals surface area contributed by atoms with E-state index in [0.29, 0.717) is 18.2 Å². The van der Waals surface area contributed by atoms with Crippen molar-refractivity contribution in [2.24, 2.45) is 5.92 Å². The minimum atomic E-state index is -0.479. The summed E-state index contributed by atoms with van der Waals surface area (Å²) in [5.74, 6) is 0.0540. The Hall–Kier alpha value is -1.95. The molecular weight excluding hydrogens is 273 g/mol. The fraction of sp³-hybridized carbons (Fsp3) is 0.467. The van der Waals surface area contributed by atoms with Gasteiger partial charge in [-0.3, -0.25) is 4.90 Å². The molecule has 112 valence electrons. The predicted molar refractivity (Wildman–Crippen MR) is 76.1 cm³/mol. The first-order chi connectivity index (χ1) is 10.1. The highest BCUT2D eigenvalue weighted by molar-refractivity contribution is 5.51. The van der Waals surface area contributed by atoms with Gasteiger partial charge in [0.1, 0.15) is 12.5 Å². The highest BCUT2D eigenvalue weighted by Crippen LogP contribution is 2.17. The molecule has 1 aromatic carbocycles. The summed E-state index contributed by atoms with van der Waals surface area (Å²) in [6.45, 7) is 4.58. The van der Waals surface area contributed by atoms with E-state index in [1.807, 2.05) is 0 Å². The third-order valence-electron chi connectivity index (χ3n) is 3.77. The first-order valence-corrected chi connectivity index (χ1v) is 7.18. The van der Waals surface area contributed by atoms with E-state index in [0.717, 1.165) is 19.5 Å². The molecule has 0 N–H and O–H groups in total. The van der Waals surface area contributed by atoms with Gasteiger partial charge in [-0.2, -0.15) is 4.68 Å². The first-order valence-electron chi connectivity index (χ1n) is 7.18. The van der Waals surface area contributed by atoms with Crippen LogP contribution in [0.1, 0.15) is 19.8 Å². The number of hydrogen-bond acceptors (Lipinski definition) is 4. The Labute approximate surface area is 122 Å². The van der Waals surface area contributed by atoms with Crippen LogP contribution in [0, 0.1) is 11.7 Å². The maximum Gasteiger partial charge on any atom is 0.438 e. The zero-order chi connectivity index (χ0) is 14.8. The molecule has 1 atom stereocenters. The number of likely N-dealkylation sites (tertiary alicyclic amines) is 1. The van der Waals surface area contributed by atoms with Gasteiger partial charge in [-0.25, -0.2) is 9.18 Å². The zero-order valence-electron chi connectivity index (χ0n) is 12.0. The summed E-state index contributed by atoms with van der Waals surface area (Å²) in [6, 6.07) is 5.74. The van der Waals surface area contributed by atoms with Crippen molar-refractivity contribution in [2.45, 2.75) is 26.4 Å². The van der Waals surface area contributed by atoms with E-state index in [-0.39, 0.29) is 11.7 Å². The van der Waals surface area contributed by atoms with Crippen molar-refractivity contribution < 1.29 is 8.81 Å². The molecule has 0 unspecified atom stereocenters. The molecule has 2 heterocycles. The number of piperidine rings is 1. The summed E-state index contributed by atoms with van der Waals surface area (Å²) >= 11 is 0. The molecule has 21 heavy (non-hydrogen) atoms. The number of benzene rings is 1. The number of nitrogens with zero attached hydrogens (tertiary/aromatic N) is 3. The standard InChI is InChI=1S/C15H18FN3O2/c1-11-3-2-8-18(9-11)10-19-15(20)21-14(17-19)12-4-6-13(16)7-5-12/h4-7,11H,2-3,8-10H2,1H3/t11-/m0/s1. The summed E-state index contributed by atoms with van der Waals surface area (Å²) < 4.78 is 19.4. The maximum absolute atomic E-state index is 12.9. The lowest BCUT2D eigenvalue weighted by Gasteiger charge is -2.29. The van der Waals surface area contributed by atoms with Crippen LogP contribution in [0.3, 0.4) is 0 Å². The molecule has 1 fully saturated rings. The minimum absolute atomic E-state index is 0.227. The molecule has 1 aliphatic rings. The summed E-state index contributed by atoms with van der Waals surface area (Å²) in [4.78, 5) is 14.1. The Bertz CT molecular complexity index is 662. The van der Waals surface area contributed by atoms with Crippen LogP contribution >= 0.6 is 0 Å². The molecule has 0 saturated carbocycles. The minimum Gasteiger partial charge on any atom is -0.388 e. The first kappa shape index (κ1) is 14.0. The van der Waals surface area contributed by atoms with Crippen LogP contribution in [0.5, 0.6) is 0 Å². The lowest BCUT2D eigenvalue weighted by molar-refractivity contribution is 0.135. The zero-order valence-corrected chi connectivity index (χ0v) is 12.0. The number of hydrogen-bond donors (Lipinski definition) is 0. The summed E-state index contributed by atoms with van der Waals surface area (Å²) in [5, 5.41) is 4.20. The Kier molecular flexibility index (Phi) is 3.88. The number of rotatable bonds is 3.